The third kappa shape index (κ3) is 2.32. The second-order valence-electron chi connectivity index (χ2n) is 5.06. The van der Waals surface area contributed by atoms with E-state index in [-0.39, 0.29) is 11.7 Å². The van der Waals surface area contributed by atoms with Gasteiger partial charge in [0.1, 0.15) is 5.75 Å². The molecule has 102 valence electrons. The van der Waals surface area contributed by atoms with Crippen LogP contribution in [0.15, 0.2) is 42.5 Å². The monoisotopic (exact) mass is 286 g/mol. The average Bonchev–Trinajstić information content (AvgIpc) is 2.49. The first-order chi connectivity index (χ1) is 9.66. The Hall–Kier alpha value is -1.80. The molecule has 2 aromatic rings. The maximum atomic E-state index is 12.7. The van der Waals surface area contributed by atoms with Gasteiger partial charge in [-0.25, -0.2) is 0 Å². The zero-order valence-electron chi connectivity index (χ0n) is 11.2. The van der Waals surface area contributed by atoms with Gasteiger partial charge in [0, 0.05) is 16.1 Å². The molecule has 1 aliphatic rings. The van der Waals surface area contributed by atoms with Gasteiger partial charge in [-0.3, -0.25) is 4.79 Å². The minimum Gasteiger partial charge on any atom is -0.493 e. The van der Waals surface area contributed by atoms with Gasteiger partial charge in [-0.2, -0.15) is 0 Å². The minimum atomic E-state index is -0.140. The Balaban J connectivity index is 1.97. The molecule has 0 fully saturated rings. The molecule has 2 nitrogen and oxygen atoms in total. The molecule has 0 radical (unpaired) electrons. The molecule has 0 saturated carbocycles. The van der Waals surface area contributed by atoms with Gasteiger partial charge >= 0.3 is 0 Å². The molecule has 1 atom stereocenters. The molecule has 0 amide bonds. The van der Waals surface area contributed by atoms with Crippen molar-refractivity contribution < 1.29 is 9.53 Å². The van der Waals surface area contributed by atoms with E-state index < -0.39 is 0 Å². The lowest BCUT2D eigenvalue weighted by atomic mass is 9.86. The lowest BCUT2D eigenvalue weighted by Gasteiger charge is -2.25. The van der Waals surface area contributed by atoms with Crippen LogP contribution in [0, 0.1) is 6.92 Å². The highest BCUT2D eigenvalue weighted by Crippen LogP contribution is 2.35. The summed E-state index contributed by atoms with van der Waals surface area (Å²) in [6.07, 6.45) is 0.710. The van der Waals surface area contributed by atoms with Crippen molar-refractivity contribution in [3.05, 3.63) is 64.2 Å². The number of benzene rings is 2. The van der Waals surface area contributed by atoms with Crippen molar-refractivity contribution in [3.63, 3.8) is 0 Å². The SMILES string of the molecule is Cc1ccc(C(=O)C2CCOc3ccccc32)cc1Cl. The summed E-state index contributed by atoms with van der Waals surface area (Å²) in [5.41, 5.74) is 2.62. The van der Waals surface area contributed by atoms with Gasteiger partial charge in [-0.15, -0.1) is 0 Å². The number of ether oxygens (including phenoxy) is 1. The standard InChI is InChI=1S/C17H15ClO2/c1-11-6-7-12(10-15(11)18)17(19)14-8-9-20-16-5-3-2-4-13(14)16/h2-7,10,14H,8-9H2,1H3. The van der Waals surface area contributed by atoms with Crippen LogP contribution in [0.5, 0.6) is 5.75 Å². The molecule has 3 heteroatoms. The van der Waals surface area contributed by atoms with Gasteiger partial charge in [-0.1, -0.05) is 41.9 Å². The van der Waals surface area contributed by atoms with Gasteiger partial charge < -0.3 is 4.74 Å². The first kappa shape index (κ1) is 13.2. The van der Waals surface area contributed by atoms with Crippen molar-refractivity contribution >= 4 is 17.4 Å². The van der Waals surface area contributed by atoms with E-state index in [0.29, 0.717) is 23.6 Å². The second kappa shape index (κ2) is 5.29. The molecule has 0 N–H and O–H groups in total. The zero-order chi connectivity index (χ0) is 14.1. The van der Waals surface area contributed by atoms with E-state index in [2.05, 4.69) is 0 Å². The van der Waals surface area contributed by atoms with Gasteiger partial charge in [0.05, 0.1) is 12.5 Å². The molecule has 1 unspecified atom stereocenters. The number of aryl methyl sites for hydroxylation is 1. The zero-order valence-corrected chi connectivity index (χ0v) is 12.0. The van der Waals surface area contributed by atoms with Crippen molar-refractivity contribution in [2.24, 2.45) is 0 Å². The number of halogens is 1. The first-order valence-electron chi connectivity index (χ1n) is 6.69. The molecule has 1 aliphatic heterocycles. The summed E-state index contributed by atoms with van der Waals surface area (Å²) in [7, 11) is 0. The Kier molecular flexibility index (Phi) is 3.49. The van der Waals surface area contributed by atoms with Crippen molar-refractivity contribution in [2.75, 3.05) is 6.61 Å². The fraction of sp³-hybridized carbons (Fsp3) is 0.235. The number of hydrogen-bond acceptors (Lipinski definition) is 2. The lowest BCUT2D eigenvalue weighted by Crippen LogP contribution is -2.21. The molecule has 0 spiro atoms. The van der Waals surface area contributed by atoms with Gasteiger partial charge in [0.15, 0.2) is 5.78 Å². The molecular formula is C17H15ClO2. The third-order valence-corrected chi connectivity index (χ3v) is 4.14. The molecule has 0 bridgehead atoms. The van der Waals surface area contributed by atoms with Crippen LogP contribution in [0.1, 0.15) is 33.8 Å². The Labute approximate surface area is 123 Å². The van der Waals surface area contributed by atoms with E-state index in [9.17, 15) is 4.79 Å². The number of ketones is 1. The van der Waals surface area contributed by atoms with Crippen molar-refractivity contribution in [1.29, 1.82) is 0 Å². The number of rotatable bonds is 2. The van der Waals surface area contributed by atoms with Crippen LogP contribution in [0.3, 0.4) is 0 Å². The quantitative estimate of drug-likeness (QED) is 0.765. The minimum absolute atomic E-state index is 0.114. The van der Waals surface area contributed by atoms with E-state index in [1.165, 1.54) is 0 Å². The van der Waals surface area contributed by atoms with Crippen molar-refractivity contribution in [2.45, 2.75) is 19.3 Å². The van der Waals surface area contributed by atoms with Gasteiger partial charge in [-0.05, 0) is 31.0 Å². The summed E-state index contributed by atoms with van der Waals surface area (Å²) >= 11 is 6.12. The highest BCUT2D eigenvalue weighted by atomic mass is 35.5. The Morgan fingerprint density at radius 2 is 2.05 bits per heavy atom. The summed E-state index contributed by atoms with van der Waals surface area (Å²) in [6.45, 7) is 2.51. The maximum Gasteiger partial charge on any atom is 0.170 e. The molecule has 1 heterocycles. The fourth-order valence-electron chi connectivity index (χ4n) is 2.56. The summed E-state index contributed by atoms with van der Waals surface area (Å²) in [5, 5.41) is 0.635. The van der Waals surface area contributed by atoms with Crippen LogP contribution in [-0.2, 0) is 0 Å². The van der Waals surface area contributed by atoms with Crippen molar-refractivity contribution in [1.82, 2.24) is 0 Å². The first-order valence-corrected chi connectivity index (χ1v) is 7.06. The molecule has 0 saturated heterocycles. The van der Waals surface area contributed by atoms with Crippen LogP contribution in [0.2, 0.25) is 5.02 Å². The van der Waals surface area contributed by atoms with Crippen molar-refractivity contribution in [3.8, 4) is 5.75 Å². The lowest BCUT2D eigenvalue weighted by molar-refractivity contribution is 0.0933. The topological polar surface area (TPSA) is 26.3 Å². The fourth-order valence-corrected chi connectivity index (χ4v) is 2.74. The van der Waals surface area contributed by atoms with Crippen LogP contribution in [-0.4, -0.2) is 12.4 Å². The van der Waals surface area contributed by atoms with Crippen LogP contribution >= 0.6 is 11.6 Å². The smallest absolute Gasteiger partial charge is 0.170 e. The summed E-state index contributed by atoms with van der Waals surface area (Å²) < 4.78 is 5.60. The van der Waals surface area contributed by atoms with E-state index in [1.807, 2.05) is 43.3 Å². The Morgan fingerprint density at radius 3 is 2.85 bits per heavy atom. The van der Waals surface area contributed by atoms with Crippen LogP contribution in [0.4, 0.5) is 0 Å². The maximum absolute atomic E-state index is 12.7. The summed E-state index contributed by atoms with van der Waals surface area (Å²) in [5.74, 6) is 0.789. The van der Waals surface area contributed by atoms with Gasteiger partial charge in [0.25, 0.3) is 0 Å². The molecule has 20 heavy (non-hydrogen) atoms. The Morgan fingerprint density at radius 1 is 1.25 bits per heavy atom. The van der Waals surface area contributed by atoms with E-state index in [1.54, 1.807) is 6.07 Å². The number of para-hydroxylation sites is 1. The molecule has 2 aromatic carbocycles. The van der Waals surface area contributed by atoms with Crippen LogP contribution < -0.4 is 4.74 Å². The predicted octanol–water partition coefficient (Wildman–Crippen LogP) is 4.40. The van der Waals surface area contributed by atoms with E-state index >= 15 is 0 Å². The summed E-state index contributed by atoms with van der Waals surface area (Å²) in [6, 6.07) is 13.2. The molecular weight excluding hydrogens is 272 g/mol. The van der Waals surface area contributed by atoms with Gasteiger partial charge in [0.2, 0.25) is 0 Å². The number of hydrogen-bond donors (Lipinski definition) is 0. The number of carbonyl (C=O) groups is 1. The predicted molar refractivity (Wildman–Crippen MR) is 79.8 cm³/mol. The number of Topliss-reactive ketones (excluding diaryl/α,β-unsaturated/α-hetero) is 1. The molecule has 0 aromatic heterocycles. The normalized spacial score (nSPS) is 17.2. The molecule has 3 rings (SSSR count). The van der Waals surface area contributed by atoms with E-state index in [4.69, 9.17) is 16.3 Å². The second-order valence-corrected chi connectivity index (χ2v) is 5.46. The number of carbonyl (C=O) groups excluding carboxylic acids is 1. The highest BCUT2D eigenvalue weighted by molar-refractivity contribution is 6.31. The van der Waals surface area contributed by atoms with E-state index in [0.717, 1.165) is 16.9 Å². The molecule has 0 aliphatic carbocycles. The van der Waals surface area contributed by atoms with Crippen LogP contribution in [0.25, 0.3) is 0 Å². The Bertz CT molecular complexity index is 664. The highest BCUT2D eigenvalue weighted by Gasteiger charge is 2.28. The third-order valence-electron chi connectivity index (χ3n) is 3.73. The largest absolute Gasteiger partial charge is 0.493 e. The average molecular weight is 287 g/mol. The number of fused-ring (bicyclic) bond motifs is 1. The summed E-state index contributed by atoms with van der Waals surface area (Å²) in [4.78, 5) is 12.7.